The molecule has 1 aromatic heterocycles. The zero-order chi connectivity index (χ0) is 15.4. The number of hydrogen-bond donors (Lipinski definition) is 1. The van der Waals surface area contributed by atoms with Gasteiger partial charge in [-0.2, -0.15) is 0 Å². The van der Waals surface area contributed by atoms with Crippen molar-refractivity contribution in [2.75, 3.05) is 11.9 Å². The van der Waals surface area contributed by atoms with Crippen molar-refractivity contribution in [3.8, 4) is 0 Å². The maximum absolute atomic E-state index is 12.0. The monoisotopic (exact) mass is 293 g/mol. The van der Waals surface area contributed by atoms with Crippen LogP contribution in [0.1, 0.15) is 40.0 Å². The Bertz CT molecular complexity index is 470. The molecule has 1 aromatic rings. The zero-order valence-corrected chi connectivity index (χ0v) is 13.5. The molecule has 0 aliphatic heterocycles. The average molecular weight is 293 g/mol. The number of rotatable bonds is 5. The Labute approximate surface area is 127 Å². The average Bonchev–Trinajstić information content (AvgIpc) is 2.81. The number of nitrogens with one attached hydrogen (secondary N) is 1. The molecule has 1 N–H and O–H groups in total. The lowest BCUT2D eigenvalue weighted by Gasteiger charge is -2.37. The van der Waals surface area contributed by atoms with Gasteiger partial charge in [-0.1, -0.05) is 27.2 Å². The first-order valence-corrected chi connectivity index (χ1v) is 7.86. The zero-order valence-electron chi connectivity index (χ0n) is 13.5. The van der Waals surface area contributed by atoms with Gasteiger partial charge in [0.25, 0.3) is 5.91 Å². The topological polar surface area (TPSA) is 56.1 Å². The van der Waals surface area contributed by atoms with Gasteiger partial charge in [-0.25, -0.2) is 4.98 Å². The van der Waals surface area contributed by atoms with E-state index in [1.165, 1.54) is 12.8 Å². The second-order valence-corrected chi connectivity index (χ2v) is 6.59. The summed E-state index contributed by atoms with van der Waals surface area (Å²) in [6.07, 6.45) is 7.17. The molecule has 21 heavy (non-hydrogen) atoms. The van der Waals surface area contributed by atoms with Crippen molar-refractivity contribution < 1.29 is 9.53 Å². The molecule has 1 aliphatic rings. The van der Waals surface area contributed by atoms with Crippen LogP contribution in [0, 0.1) is 17.8 Å². The number of ether oxygens (including phenoxy) is 1. The third-order valence-electron chi connectivity index (χ3n) is 4.46. The highest BCUT2D eigenvalue weighted by Gasteiger charge is 2.31. The number of nitrogens with zero attached hydrogens (tertiary/aromatic N) is 2. The Kier molecular flexibility index (Phi) is 5.39. The lowest BCUT2D eigenvalue weighted by Crippen LogP contribution is -2.36. The summed E-state index contributed by atoms with van der Waals surface area (Å²) in [6, 6.07) is 0. The van der Waals surface area contributed by atoms with Gasteiger partial charge in [-0.15, -0.1) is 0 Å². The number of aromatic nitrogens is 2. The molecule has 0 radical (unpaired) electrons. The highest BCUT2D eigenvalue weighted by Crippen LogP contribution is 2.35. The van der Waals surface area contributed by atoms with Gasteiger partial charge in [0.15, 0.2) is 0 Å². The second-order valence-electron chi connectivity index (χ2n) is 6.59. The minimum absolute atomic E-state index is 0.105. The van der Waals surface area contributed by atoms with E-state index in [1.54, 1.807) is 17.0 Å². The van der Waals surface area contributed by atoms with Crippen molar-refractivity contribution >= 4 is 11.9 Å². The fourth-order valence-electron chi connectivity index (χ4n) is 3.14. The summed E-state index contributed by atoms with van der Waals surface area (Å²) in [6.45, 7) is 6.85. The van der Waals surface area contributed by atoms with E-state index in [-0.39, 0.29) is 18.6 Å². The van der Waals surface area contributed by atoms with E-state index in [9.17, 15) is 4.79 Å². The normalized spacial score (nSPS) is 26.0. The van der Waals surface area contributed by atoms with E-state index in [0.29, 0.717) is 23.7 Å². The number of imidazole rings is 1. The number of anilines is 1. The van der Waals surface area contributed by atoms with Crippen molar-refractivity contribution in [1.29, 1.82) is 0 Å². The maximum atomic E-state index is 12.0. The number of carbonyl (C=O) groups excluding carboxylic acids is 1. The minimum Gasteiger partial charge on any atom is -0.368 e. The molecule has 118 valence electrons. The van der Waals surface area contributed by atoms with Gasteiger partial charge in [-0.3, -0.25) is 10.1 Å². The van der Waals surface area contributed by atoms with Gasteiger partial charge in [0, 0.05) is 19.4 Å². The maximum Gasteiger partial charge on any atom is 0.252 e. The van der Waals surface area contributed by atoms with Gasteiger partial charge >= 0.3 is 0 Å². The molecule has 5 heteroatoms. The Hall–Kier alpha value is -1.36. The molecule has 1 heterocycles. The molecule has 0 saturated heterocycles. The predicted molar refractivity (Wildman–Crippen MR) is 82.9 cm³/mol. The van der Waals surface area contributed by atoms with Crippen molar-refractivity contribution in [1.82, 2.24) is 9.55 Å². The van der Waals surface area contributed by atoms with Crippen molar-refractivity contribution in [3.63, 3.8) is 0 Å². The fraction of sp³-hybridized carbons (Fsp3) is 0.750. The highest BCUT2D eigenvalue weighted by atomic mass is 16.5. The van der Waals surface area contributed by atoms with Crippen LogP contribution in [0.4, 0.5) is 5.95 Å². The lowest BCUT2D eigenvalue weighted by molar-refractivity contribution is -0.126. The van der Waals surface area contributed by atoms with Crippen LogP contribution in [0.25, 0.3) is 0 Å². The minimum atomic E-state index is -0.134. The van der Waals surface area contributed by atoms with Crippen LogP contribution in [0.5, 0.6) is 0 Å². The van der Waals surface area contributed by atoms with Crippen LogP contribution < -0.4 is 5.32 Å². The quantitative estimate of drug-likeness (QED) is 0.908. The summed E-state index contributed by atoms with van der Waals surface area (Å²) in [5, 5.41) is 2.77. The number of carbonyl (C=O) groups is 1. The largest absolute Gasteiger partial charge is 0.368 e. The summed E-state index contributed by atoms with van der Waals surface area (Å²) >= 11 is 0. The molecule has 0 bridgehead atoms. The standard InChI is InChI=1S/C16H27N3O2/c1-11(2)13-6-5-12(3)9-14(13)21-10-15(20)18-16-17-7-8-19(16)4/h7-8,11-14H,5-6,9-10H2,1-4H3,(H,17,18,20). The second kappa shape index (κ2) is 7.07. The van der Waals surface area contributed by atoms with Gasteiger partial charge in [0.2, 0.25) is 5.95 Å². The Morgan fingerprint density at radius 1 is 1.52 bits per heavy atom. The molecular formula is C16H27N3O2. The van der Waals surface area contributed by atoms with Crippen LogP contribution >= 0.6 is 0 Å². The number of aryl methyl sites for hydroxylation is 1. The number of amides is 1. The van der Waals surface area contributed by atoms with Crippen LogP contribution in [0.2, 0.25) is 0 Å². The Balaban J connectivity index is 1.85. The molecule has 0 aromatic carbocycles. The van der Waals surface area contributed by atoms with Gasteiger partial charge in [-0.05, 0) is 30.6 Å². The van der Waals surface area contributed by atoms with Crippen molar-refractivity contribution in [2.45, 2.75) is 46.1 Å². The summed E-state index contributed by atoms with van der Waals surface area (Å²) in [5.74, 6) is 2.26. The first-order chi connectivity index (χ1) is 9.97. The molecular weight excluding hydrogens is 266 g/mol. The van der Waals surface area contributed by atoms with Gasteiger partial charge in [0.1, 0.15) is 6.61 Å². The molecule has 1 saturated carbocycles. The van der Waals surface area contributed by atoms with Crippen molar-refractivity contribution in [3.05, 3.63) is 12.4 Å². The number of hydrogen-bond acceptors (Lipinski definition) is 3. The molecule has 1 aliphatic carbocycles. The van der Waals surface area contributed by atoms with E-state index in [2.05, 4.69) is 31.1 Å². The summed E-state index contributed by atoms with van der Waals surface area (Å²) in [5.41, 5.74) is 0. The van der Waals surface area contributed by atoms with Crippen LogP contribution in [-0.4, -0.2) is 28.2 Å². The molecule has 3 unspecified atom stereocenters. The van der Waals surface area contributed by atoms with E-state index in [0.717, 1.165) is 6.42 Å². The van der Waals surface area contributed by atoms with Gasteiger partial charge in [0.05, 0.1) is 6.10 Å². The van der Waals surface area contributed by atoms with E-state index in [4.69, 9.17) is 4.74 Å². The SMILES string of the molecule is CC1CCC(C(C)C)C(OCC(=O)Nc2nccn2C)C1. The predicted octanol–water partition coefficient (Wildman–Crippen LogP) is 2.84. The molecule has 1 fully saturated rings. The molecule has 1 amide bonds. The molecule has 3 atom stereocenters. The highest BCUT2D eigenvalue weighted by molar-refractivity contribution is 5.90. The van der Waals surface area contributed by atoms with Gasteiger partial charge < -0.3 is 9.30 Å². The summed E-state index contributed by atoms with van der Waals surface area (Å²) in [4.78, 5) is 16.1. The smallest absolute Gasteiger partial charge is 0.252 e. The van der Waals surface area contributed by atoms with E-state index < -0.39 is 0 Å². The Morgan fingerprint density at radius 2 is 2.29 bits per heavy atom. The van der Waals surface area contributed by atoms with E-state index in [1.807, 2.05) is 7.05 Å². The molecule has 0 spiro atoms. The molecule has 5 nitrogen and oxygen atoms in total. The third-order valence-corrected chi connectivity index (χ3v) is 4.46. The Morgan fingerprint density at radius 3 is 2.90 bits per heavy atom. The first kappa shape index (κ1) is 16.0. The van der Waals surface area contributed by atoms with E-state index >= 15 is 0 Å². The fourth-order valence-corrected chi connectivity index (χ4v) is 3.14. The molecule has 2 rings (SSSR count). The van der Waals surface area contributed by atoms with Crippen LogP contribution in [0.15, 0.2) is 12.4 Å². The summed E-state index contributed by atoms with van der Waals surface area (Å²) < 4.78 is 7.70. The lowest BCUT2D eigenvalue weighted by atomic mass is 9.75. The third kappa shape index (κ3) is 4.30. The van der Waals surface area contributed by atoms with Crippen LogP contribution in [-0.2, 0) is 16.6 Å². The first-order valence-electron chi connectivity index (χ1n) is 7.86. The summed E-state index contributed by atoms with van der Waals surface area (Å²) in [7, 11) is 1.85. The van der Waals surface area contributed by atoms with Crippen molar-refractivity contribution in [2.24, 2.45) is 24.8 Å². The van der Waals surface area contributed by atoms with Crippen LogP contribution in [0.3, 0.4) is 0 Å².